The summed E-state index contributed by atoms with van der Waals surface area (Å²) >= 11 is 0. The molecule has 0 radical (unpaired) electrons. The van der Waals surface area contributed by atoms with Crippen LogP contribution >= 0.6 is 0 Å². The van der Waals surface area contributed by atoms with E-state index in [1.165, 1.54) is 12.8 Å². The monoisotopic (exact) mass is 172 g/mol. The lowest BCUT2D eigenvalue weighted by Gasteiger charge is -2.09. The molecular weight excluding hydrogens is 148 g/mol. The van der Waals surface area contributed by atoms with E-state index in [1.807, 2.05) is 0 Å². The van der Waals surface area contributed by atoms with E-state index >= 15 is 0 Å². The molecule has 0 aliphatic heterocycles. The summed E-state index contributed by atoms with van der Waals surface area (Å²) in [6.45, 7) is 11.1. The highest BCUT2D eigenvalue weighted by Crippen LogP contribution is 1.96. The lowest BCUT2D eigenvalue weighted by atomic mass is 10.1. The van der Waals surface area contributed by atoms with Crippen molar-refractivity contribution in [1.29, 1.82) is 0 Å². The summed E-state index contributed by atoms with van der Waals surface area (Å²) in [7, 11) is 0. The van der Waals surface area contributed by atoms with E-state index in [0.29, 0.717) is 0 Å². The molecule has 12 heavy (non-hydrogen) atoms. The van der Waals surface area contributed by atoms with Gasteiger partial charge in [-0.05, 0) is 24.7 Å². The van der Waals surface area contributed by atoms with Crippen molar-refractivity contribution in [2.75, 3.05) is 13.1 Å². The lowest BCUT2D eigenvalue weighted by molar-refractivity contribution is 0.447. The summed E-state index contributed by atoms with van der Waals surface area (Å²) in [5, 5.41) is 0. The molecule has 0 aliphatic carbocycles. The molecule has 2 N–H and O–H groups in total. The van der Waals surface area contributed by atoms with Gasteiger partial charge < -0.3 is 0 Å². The quantitative estimate of drug-likeness (QED) is 0.454. The summed E-state index contributed by atoms with van der Waals surface area (Å²) in [6, 6.07) is 0. The molecule has 0 saturated heterocycles. The zero-order valence-electron chi connectivity index (χ0n) is 8.98. The van der Waals surface area contributed by atoms with E-state index in [0.717, 1.165) is 24.9 Å². The topological polar surface area (TPSA) is 24.1 Å². The predicted octanol–water partition coefficient (Wildman–Crippen LogP) is 2.17. The van der Waals surface area contributed by atoms with Gasteiger partial charge in [0, 0.05) is 13.1 Å². The number of hydrogen-bond acceptors (Lipinski definition) is 2. The Balaban J connectivity index is 2.91. The zero-order valence-corrected chi connectivity index (χ0v) is 8.98. The second-order valence-electron chi connectivity index (χ2n) is 4.22. The summed E-state index contributed by atoms with van der Waals surface area (Å²) in [5.41, 5.74) is 6.44. The highest BCUT2D eigenvalue weighted by molar-refractivity contribution is 4.50. The number of hydrogen-bond donors (Lipinski definition) is 2. The summed E-state index contributed by atoms with van der Waals surface area (Å²) in [6.07, 6.45) is 2.49. The average molecular weight is 172 g/mol. The standard InChI is InChI=1S/C10H24N2/c1-9(2)5-7-11-12-8-6-10(3)4/h9-12H,5-8H2,1-4H3. The van der Waals surface area contributed by atoms with Crippen LogP contribution in [0.4, 0.5) is 0 Å². The molecule has 74 valence electrons. The first-order valence-corrected chi connectivity index (χ1v) is 5.08. The fourth-order valence-electron chi connectivity index (χ4n) is 0.898. The molecule has 0 aromatic heterocycles. The molecule has 0 heterocycles. The van der Waals surface area contributed by atoms with Crippen molar-refractivity contribution in [2.24, 2.45) is 11.8 Å². The Bertz CT molecular complexity index is 77.8. The van der Waals surface area contributed by atoms with Crippen LogP contribution in [0.3, 0.4) is 0 Å². The molecule has 0 amide bonds. The van der Waals surface area contributed by atoms with Gasteiger partial charge in [0.2, 0.25) is 0 Å². The summed E-state index contributed by atoms with van der Waals surface area (Å²) in [4.78, 5) is 0. The molecule has 0 saturated carbocycles. The molecule has 0 spiro atoms. The van der Waals surface area contributed by atoms with Crippen LogP contribution in [0, 0.1) is 11.8 Å². The molecule has 0 aromatic carbocycles. The minimum atomic E-state index is 0.796. The van der Waals surface area contributed by atoms with Gasteiger partial charge >= 0.3 is 0 Å². The van der Waals surface area contributed by atoms with Gasteiger partial charge in [0.15, 0.2) is 0 Å². The maximum Gasteiger partial charge on any atom is 0.0102 e. The van der Waals surface area contributed by atoms with Gasteiger partial charge in [0.1, 0.15) is 0 Å². The smallest absolute Gasteiger partial charge is 0.0102 e. The van der Waals surface area contributed by atoms with Crippen LogP contribution < -0.4 is 10.9 Å². The van der Waals surface area contributed by atoms with Gasteiger partial charge in [-0.15, -0.1) is 0 Å². The Morgan fingerprint density at radius 1 is 0.750 bits per heavy atom. The van der Waals surface area contributed by atoms with Gasteiger partial charge in [0.25, 0.3) is 0 Å². The van der Waals surface area contributed by atoms with Crippen molar-refractivity contribution in [3.05, 3.63) is 0 Å². The summed E-state index contributed by atoms with van der Waals surface area (Å²) in [5.74, 6) is 1.59. The maximum absolute atomic E-state index is 3.22. The van der Waals surface area contributed by atoms with Crippen LogP contribution in [0.2, 0.25) is 0 Å². The Hall–Kier alpha value is -0.0800. The highest BCUT2D eigenvalue weighted by Gasteiger charge is 1.94. The lowest BCUT2D eigenvalue weighted by Crippen LogP contribution is -2.34. The van der Waals surface area contributed by atoms with E-state index in [4.69, 9.17) is 0 Å². The van der Waals surface area contributed by atoms with Crippen LogP contribution in [-0.2, 0) is 0 Å². The third-order valence-electron chi connectivity index (χ3n) is 1.82. The zero-order chi connectivity index (χ0) is 9.40. The van der Waals surface area contributed by atoms with Crippen molar-refractivity contribution in [3.63, 3.8) is 0 Å². The Morgan fingerprint density at radius 3 is 1.33 bits per heavy atom. The molecule has 0 aromatic rings. The van der Waals surface area contributed by atoms with Crippen LogP contribution in [0.15, 0.2) is 0 Å². The molecule has 0 rings (SSSR count). The molecule has 0 atom stereocenters. The molecule has 2 nitrogen and oxygen atoms in total. The van der Waals surface area contributed by atoms with E-state index in [1.54, 1.807) is 0 Å². The first-order valence-electron chi connectivity index (χ1n) is 5.08. The van der Waals surface area contributed by atoms with Crippen LogP contribution in [0.1, 0.15) is 40.5 Å². The minimum Gasteiger partial charge on any atom is -0.258 e. The van der Waals surface area contributed by atoms with Gasteiger partial charge in [-0.2, -0.15) is 0 Å². The van der Waals surface area contributed by atoms with Gasteiger partial charge in [-0.25, -0.2) is 0 Å². The molecule has 0 fully saturated rings. The largest absolute Gasteiger partial charge is 0.258 e. The molecule has 0 unspecified atom stereocenters. The SMILES string of the molecule is CC(C)CCNNCCC(C)C. The van der Waals surface area contributed by atoms with Crippen LogP contribution in [0.5, 0.6) is 0 Å². The second kappa shape index (κ2) is 7.56. The van der Waals surface area contributed by atoms with Crippen LogP contribution in [0.25, 0.3) is 0 Å². The molecule has 0 aliphatic rings. The number of nitrogens with one attached hydrogen (secondary N) is 2. The normalized spacial score (nSPS) is 11.5. The predicted molar refractivity (Wildman–Crippen MR) is 54.9 cm³/mol. The van der Waals surface area contributed by atoms with Gasteiger partial charge in [-0.1, -0.05) is 27.7 Å². The first-order chi connectivity index (χ1) is 5.63. The maximum atomic E-state index is 3.22. The van der Waals surface area contributed by atoms with E-state index in [2.05, 4.69) is 38.5 Å². The van der Waals surface area contributed by atoms with E-state index in [-0.39, 0.29) is 0 Å². The fraction of sp³-hybridized carbons (Fsp3) is 1.00. The Morgan fingerprint density at radius 2 is 1.08 bits per heavy atom. The minimum absolute atomic E-state index is 0.796. The van der Waals surface area contributed by atoms with Crippen molar-refractivity contribution in [3.8, 4) is 0 Å². The second-order valence-corrected chi connectivity index (χ2v) is 4.22. The molecular formula is C10H24N2. The third kappa shape index (κ3) is 9.92. The average Bonchev–Trinajstić information content (AvgIpc) is 1.95. The third-order valence-corrected chi connectivity index (χ3v) is 1.82. The Kier molecular flexibility index (Phi) is 7.51. The number of hydrazine groups is 1. The van der Waals surface area contributed by atoms with Crippen molar-refractivity contribution < 1.29 is 0 Å². The fourth-order valence-corrected chi connectivity index (χ4v) is 0.898. The number of rotatable bonds is 7. The van der Waals surface area contributed by atoms with E-state index in [9.17, 15) is 0 Å². The molecule has 0 bridgehead atoms. The van der Waals surface area contributed by atoms with Crippen molar-refractivity contribution >= 4 is 0 Å². The Labute approximate surface area is 77.1 Å². The van der Waals surface area contributed by atoms with Crippen molar-refractivity contribution in [2.45, 2.75) is 40.5 Å². The van der Waals surface area contributed by atoms with Crippen LogP contribution in [-0.4, -0.2) is 13.1 Å². The van der Waals surface area contributed by atoms with E-state index < -0.39 is 0 Å². The highest BCUT2D eigenvalue weighted by atomic mass is 15.3. The summed E-state index contributed by atoms with van der Waals surface area (Å²) < 4.78 is 0. The molecule has 2 heteroatoms. The van der Waals surface area contributed by atoms with Gasteiger partial charge in [0.05, 0.1) is 0 Å². The first kappa shape index (κ1) is 11.9. The van der Waals surface area contributed by atoms with Crippen molar-refractivity contribution in [1.82, 2.24) is 10.9 Å². The van der Waals surface area contributed by atoms with Gasteiger partial charge in [-0.3, -0.25) is 10.9 Å².